The second-order valence-corrected chi connectivity index (χ2v) is 5.27. The van der Waals surface area contributed by atoms with E-state index in [1.165, 1.54) is 0 Å². The molecule has 0 aliphatic rings. The molecule has 90 valence electrons. The summed E-state index contributed by atoms with van der Waals surface area (Å²) >= 11 is 12.1. The van der Waals surface area contributed by atoms with Crippen molar-refractivity contribution in [3.8, 4) is 5.69 Å². The van der Waals surface area contributed by atoms with Gasteiger partial charge >= 0.3 is 0 Å². The van der Waals surface area contributed by atoms with Crippen molar-refractivity contribution in [1.82, 2.24) is 9.78 Å². The third-order valence-corrected chi connectivity index (χ3v) is 2.89. The lowest BCUT2D eigenvalue weighted by molar-refractivity contribution is 0.628. The summed E-state index contributed by atoms with van der Waals surface area (Å²) in [5.74, 6) is 0.564. The van der Waals surface area contributed by atoms with E-state index in [0.29, 0.717) is 16.1 Å². The van der Waals surface area contributed by atoms with Gasteiger partial charge in [0.2, 0.25) is 0 Å². The lowest BCUT2D eigenvalue weighted by Gasteiger charge is -2.03. The maximum Gasteiger partial charge on any atom is 0.133 e. The van der Waals surface area contributed by atoms with Crippen LogP contribution in [-0.2, 0) is 6.42 Å². The summed E-state index contributed by atoms with van der Waals surface area (Å²) < 4.78 is 1.71. The van der Waals surface area contributed by atoms with E-state index in [-0.39, 0.29) is 0 Å². The van der Waals surface area contributed by atoms with Gasteiger partial charge in [0, 0.05) is 5.02 Å². The van der Waals surface area contributed by atoms with Gasteiger partial charge in [0.1, 0.15) is 5.15 Å². The molecule has 0 N–H and O–H groups in total. The molecule has 0 bridgehead atoms. The fraction of sp³-hybridized carbons (Fsp3) is 0.308. The molecule has 1 heterocycles. The zero-order valence-corrected chi connectivity index (χ0v) is 11.3. The van der Waals surface area contributed by atoms with Crippen molar-refractivity contribution in [2.75, 3.05) is 0 Å². The summed E-state index contributed by atoms with van der Waals surface area (Å²) in [4.78, 5) is 0. The van der Waals surface area contributed by atoms with E-state index < -0.39 is 0 Å². The molecule has 1 aromatic heterocycles. The maximum absolute atomic E-state index is 6.17. The monoisotopic (exact) mass is 268 g/mol. The van der Waals surface area contributed by atoms with E-state index >= 15 is 0 Å². The molecule has 2 nitrogen and oxygen atoms in total. The van der Waals surface area contributed by atoms with E-state index in [1.807, 2.05) is 30.3 Å². The summed E-state index contributed by atoms with van der Waals surface area (Å²) in [5, 5.41) is 5.78. The van der Waals surface area contributed by atoms with Crippen molar-refractivity contribution in [1.29, 1.82) is 0 Å². The minimum atomic E-state index is 0.564. The van der Waals surface area contributed by atoms with Crippen LogP contribution < -0.4 is 0 Å². The summed E-state index contributed by atoms with van der Waals surface area (Å²) in [7, 11) is 0. The molecule has 0 amide bonds. The van der Waals surface area contributed by atoms with Gasteiger partial charge in [0.05, 0.1) is 11.4 Å². The van der Waals surface area contributed by atoms with Crippen LogP contribution in [0.2, 0.25) is 10.2 Å². The van der Waals surface area contributed by atoms with Crippen molar-refractivity contribution in [3.63, 3.8) is 0 Å². The van der Waals surface area contributed by atoms with Gasteiger partial charge in [0.25, 0.3) is 0 Å². The Hall–Kier alpha value is -0.990. The summed E-state index contributed by atoms with van der Waals surface area (Å²) in [6.07, 6.45) is 0.924. The summed E-state index contributed by atoms with van der Waals surface area (Å²) in [6.45, 7) is 4.32. The Balaban J connectivity index is 2.36. The van der Waals surface area contributed by atoms with Gasteiger partial charge in [-0.3, -0.25) is 0 Å². The van der Waals surface area contributed by atoms with E-state index in [4.69, 9.17) is 23.2 Å². The molecular formula is C13H14Cl2N2. The van der Waals surface area contributed by atoms with E-state index in [0.717, 1.165) is 17.8 Å². The van der Waals surface area contributed by atoms with Crippen molar-refractivity contribution in [2.45, 2.75) is 20.3 Å². The highest BCUT2D eigenvalue weighted by molar-refractivity contribution is 6.31. The molecule has 0 spiro atoms. The number of rotatable bonds is 3. The number of nitrogens with zero attached hydrogens (tertiary/aromatic N) is 2. The number of benzene rings is 1. The smallest absolute Gasteiger partial charge is 0.133 e. The van der Waals surface area contributed by atoms with E-state index in [9.17, 15) is 0 Å². The Labute approximate surface area is 111 Å². The number of hydrogen-bond acceptors (Lipinski definition) is 1. The van der Waals surface area contributed by atoms with Gasteiger partial charge in [-0.2, -0.15) is 5.10 Å². The first-order chi connectivity index (χ1) is 8.06. The molecule has 2 aromatic rings. The molecule has 0 radical (unpaired) electrons. The second-order valence-electron chi connectivity index (χ2n) is 4.45. The number of hydrogen-bond donors (Lipinski definition) is 0. The third-order valence-electron chi connectivity index (χ3n) is 2.39. The minimum absolute atomic E-state index is 0.564. The van der Waals surface area contributed by atoms with Crippen LogP contribution in [0.15, 0.2) is 30.3 Å². The molecule has 1 aromatic carbocycles. The van der Waals surface area contributed by atoms with Gasteiger partial charge < -0.3 is 0 Å². The molecule has 0 aliphatic carbocycles. The van der Waals surface area contributed by atoms with Crippen LogP contribution in [0, 0.1) is 5.92 Å². The molecule has 0 saturated carbocycles. The predicted molar refractivity (Wildman–Crippen MR) is 72.1 cm³/mol. The quantitative estimate of drug-likeness (QED) is 0.808. The van der Waals surface area contributed by atoms with Crippen LogP contribution >= 0.6 is 23.2 Å². The Kier molecular flexibility index (Phi) is 3.75. The van der Waals surface area contributed by atoms with Crippen LogP contribution in [0.1, 0.15) is 19.5 Å². The third kappa shape index (κ3) is 3.02. The fourth-order valence-corrected chi connectivity index (χ4v) is 2.16. The highest BCUT2D eigenvalue weighted by Crippen LogP contribution is 2.21. The predicted octanol–water partition coefficient (Wildman–Crippen LogP) is 4.38. The number of aromatic nitrogens is 2. The van der Waals surface area contributed by atoms with Crippen molar-refractivity contribution in [3.05, 3.63) is 46.2 Å². The van der Waals surface area contributed by atoms with Crippen molar-refractivity contribution >= 4 is 23.2 Å². The minimum Gasteiger partial charge on any atom is -0.222 e. The Morgan fingerprint density at radius 1 is 1.24 bits per heavy atom. The lowest BCUT2D eigenvalue weighted by atomic mass is 10.1. The highest BCUT2D eigenvalue weighted by atomic mass is 35.5. The first-order valence-electron chi connectivity index (χ1n) is 5.56. The largest absolute Gasteiger partial charge is 0.222 e. The lowest BCUT2D eigenvalue weighted by Crippen LogP contribution is -1.99. The SMILES string of the molecule is CC(C)Cc1cc(Cl)n(-c2cccc(Cl)c2)n1. The van der Waals surface area contributed by atoms with Gasteiger partial charge in [0.15, 0.2) is 0 Å². The van der Waals surface area contributed by atoms with Crippen molar-refractivity contribution < 1.29 is 0 Å². The van der Waals surface area contributed by atoms with Crippen LogP contribution in [0.5, 0.6) is 0 Å². The first kappa shape index (κ1) is 12.5. The van der Waals surface area contributed by atoms with Crippen LogP contribution in [0.4, 0.5) is 0 Å². The van der Waals surface area contributed by atoms with Crippen LogP contribution in [0.3, 0.4) is 0 Å². The topological polar surface area (TPSA) is 17.8 Å². The van der Waals surface area contributed by atoms with Gasteiger partial charge in [-0.05, 0) is 36.6 Å². The van der Waals surface area contributed by atoms with E-state index in [2.05, 4.69) is 18.9 Å². The molecule has 4 heteroatoms. The Morgan fingerprint density at radius 2 is 2.00 bits per heavy atom. The molecule has 17 heavy (non-hydrogen) atoms. The average molecular weight is 269 g/mol. The molecule has 0 fully saturated rings. The molecule has 2 rings (SSSR count). The molecule has 0 atom stereocenters. The zero-order valence-electron chi connectivity index (χ0n) is 9.82. The maximum atomic E-state index is 6.17. The second kappa shape index (κ2) is 5.11. The van der Waals surface area contributed by atoms with Gasteiger partial charge in [-0.25, -0.2) is 4.68 Å². The normalized spacial score (nSPS) is 11.1. The van der Waals surface area contributed by atoms with E-state index in [1.54, 1.807) is 4.68 Å². The molecular weight excluding hydrogens is 255 g/mol. The molecule has 0 unspecified atom stereocenters. The first-order valence-corrected chi connectivity index (χ1v) is 6.32. The van der Waals surface area contributed by atoms with Gasteiger partial charge in [-0.1, -0.05) is 43.1 Å². The summed E-state index contributed by atoms with van der Waals surface area (Å²) in [5.41, 5.74) is 1.89. The Morgan fingerprint density at radius 3 is 2.65 bits per heavy atom. The number of halogens is 2. The zero-order chi connectivity index (χ0) is 12.4. The average Bonchev–Trinajstić information content (AvgIpc) is 2.58. The standard InChI is InChI=1S/C13H14Cl2N2/c1-9(2)6-11-8-13(15)17(16-11)12-5-3-4-10(14)7-12/h3-5,7-9H,6H2,1-2H3. The fourth-order valence-electron chi connectivity index (χ4n) is 1.71. The van der Waals surface area contributed by atoms with Crippen LogP contribution in [-0.4, -0.2) is 9.78 Å². The van der Waals surface area contributed by atoms with Gasteiger partial charge in [-0.15, -0.1) is 0 Å². The summed E-state index contributed by atoms with van der Waals surface area (Å²) in [6, 6.07) is 9.40. The van der Waals surface area contributed by atoms with Crippen LogP contribution in [0.25, 0.3) is 5.69 Å². The molecule has 0 aliphatic heterocycles. The molecule has 0 saturated heterocycles. The van der Waals surface area contributed by atoms with Crippen molar-refractivity contribution in [2.24, 2.45) is 5.92 Å². The highest BCUT2D eigenvalue weighted by Gasteiger charge is 2.09. The Bertz CT molecular complexity index is 518.